The zero-order valence-corrected chi connectivity index (χ0v) is 19.5. The Morgan fingerprint density at radius 2 is 2.03 bits per heavy atom. The molecule has 1 aromatic carbocycles. The highest BCUT2D eigenvalue weighted by Crippen LogP contribution is 2.44. The Morgan fingerprint density at radius 3 is 2.70 bits per heavy atom. The number of aliphatic hydroxyl groups excluding tert-OH is 1. The Kier molecular flexibility index (Phi) is 6.07. The first-order chi connectivity index (χ1) is 16.0. The van der Waals surface area contributed by atoms with Gasteiger partial charge in [-0.2, -0.15) is 5.10 Å². The third-order valence-corrected chi connectivity index (χ3v) is 7.12. The number of nitrogens with one attached hydrogen (secondary N) is 1. The molecule has 0 saturated carbocycles. The van der Waals surface area contributed by atoms with Crippen molar-refractivity contribution in [1.29, 1.82) is 0 Å². The number of hydrogen-bond donors (Lipinski definition) is 2. The van der Waals surface area contributed by atoms with Crippen molar-refractivity contribution >= 4 is 28.7 Å². The lowest BCUT2D eigenvalue weighted by Gasteiger charge is -2.42. The van der Waals surface area contributed by atoms with Crippen molar-refractivity contribution in [2.24, 2.45) is 0 Å². The average Bonchev–Trinajstić information content (AvgIpc) is 3.44. The van der Waals surface area contributed by atoms with Crippen molar-refractivity contribution in [2.75, 3.05) is 13.1 Å². The number of thiophene rings is 1. The zero-order valence-electron chi connectivity index (χ0n) is 17.9. The van der Waals surface area contributed by atoms with Gasteiger partial charge in [0.2, 0.25) is 0 Å². The second-order valence-corrected chi connectivity index (χ2v) is 9.69. The summed E-state index contributed by atoms with van der Waals surface area (Å²) in [6.07, 6.45) is 3.21. The summed E-state index contributed by atoms with van der Waals surface area (Å²) in [6, 6.07) is 13.8. The maximum Gasteiger partial charge on any atom is 0.165 e. The van der Waals surface area contributed by atoms with Crippen LogP contribution in [-0.4, -0.2) is 55.1 Å². The SMILES string of the molecule is CC(=O)Cc1cc(-c2cc(C(c3ccc(Cl)cc3)N3CC(O)C3)c(-c3ncn[nH]3)s2)ccn1. The first-order valence-electron chi connectivity index (χ1n) is 10.6. The molecule has 1 unspecified atom stereocenters. The Morgan fingerprint density at radius 1 is 1.24 bits per heavy atom. The van der Waals surface area contributed by atoms with E-state index in [1.807, 2.05) is 36.4 Å². The van der Waals surface area contributed by atoms with Crippen LogP contribution in [0.15, 0.2) is 55.0 Å². The van der Waals surface area contributed by atoms with Gasteiger partial charge in [0.1, 0.15) is 12.1 Å². The molecule has 33 heavy (non-hydrogen) atoms. The molecule has 0 bridgehead atoms. The van der Waals surface area contributed by atoms with Gasteiger partial charge in [-0.15, -0.1) is 11.3 Å². The fraction of sp³-hybridized carbons (Fsp3) is 0.250. The lowest BCUT2D eigenvalue weighted by molar-refractivity contribution is -0.116. The molecule has 5 rings (SSSR count). The molecule has 7 nitrogen and oxygen atoms in total. The van der Waals surface area contributed by atoms with Gasteiger partial charge in [0, 0.05) is 41.3 Å². The number of benzene rings is 1. The monoisotopic (exact) mass is 479 g/mol. The van der Waals surface area contributed by atoms with Crippen LogP contribution in [0.4, 0.5) is 0 Å². The number of β-amino-alcohol motifs (C(OH)–C–C–N with tert-alkyl or cyclic N) is 1. The van der Waals surface area contributed by atoms with Crippen molar-refractivity contribution < 1.29 is 9.90 Å². The van der Waals surface area contributed by atoms with E-state index < -0.39 is 0 Å². The largest absolute Gasteiger partial charge is 0.390 e. The molecule has 1 saturated heterocycles. The molecular formula is C24H22ClN5O2S. The van der Waals surface area contributed by atoms with Crippen LogP contribution in [-0.2, 0) is 11.2 Å². The lowest BCUT2D eigenvalue weighted by Crippen LogP contribution is -2.52. The molecule has 4 heterocycles. The van der Waals surface area contributed by atoms with Gasteiger partial charge in [0.05, 0.1) is 17.0 Å². The molecule has 0 radical (unpaired) electrons. The van der Waals surface area contributed by atoms with E-state index in [-0.39, 0.29) is 17.9 Å². The first kappa shape index (κ1) is 21.9. The van der Waals surface area contributed by atoms with Gasteiger partial charge in [-0.25, -0.2) is 4.98 Å². The molecule has 9 heteroatoms. The van der Waals surface area contributed by atoms with E-state index in [1.54, 1.807) is 24.5 Å². The highest BCUT2D eigenvalue weighted by molar-refractivity contribution is 7.19. The number of Topliss-reactive ketones (excluding diaryl/α,β-unsaturated/α-hetero) is 1. The zero-order chi connectivity index (χ0) is 22.9. The van der Waals surface area contributed by atoms with E-state index in [1.165, 1.54) is 6.33 Å². The molecular weight excluding hydrogens is 458 g/mol. The van der Waals surface area contributed by atoms with Crippen LogP contribution in [0.5, 0.6) is 0 Å². The maximum absolute atomic E-state index is 11.6. The smallest absolute Gasteiger partial charge is 0.165 e. The van der Waals surface area contributed by atoms with Crippen molar-refractivity contribution in [3.63, 3.8) is 0 Å². The summed E-state index contributed by atoms with van der Waals surface area (Å²) in [5, 5.41) is 17.8. The fourth-order valence-corrected chi connectivity index (χ4v) is 5.42. The van der Waals surface area contributed by atoms with Gasteiger partial charge >= 0.3 is 0 Å². The van der Waals surface area contributed by atoms with Crippen LogP contribution in [0.1, 0.15) is 29.8 Å². The molecule has 4 aromatic rings. The Labute approximate surface area is 200 Å². The Balaban J connectivity index is 1.63. The van der Waals surface area contributed by atoms with E-state index in [0.29, 0.717) is 30.4 Å². The third kappa shape index (κ3) is 4.60. The number of ketones is 1. The quantitative estimate of drug-likeness (QED) is 0.413. The second-order valence-electron chi connectivity index (χ2n) is 8.21. The number of aromatic amines is 1. The van der Waals surface area contributed by atoms with Crippen LogP contribution >= 0.6 is 22.9 Å². The van der Waals surface area contributed by atoms with Crippen molar-refractivity contribution in [3.8, 4) is 21.1 Å². The molecule has 1 fully saturated rings. The maximum atomic E-state index is 11.6. The molecule has 2 N–H and O–H groups in total. The number of H-pyrrole nitrogens is 1. The van der Waals surface area contributed by atoms with Crippen molar-refractivity contribution in [2.45, 2.75) is 25.5 Å². The summed E-state index contributed by atoms with van der Waals surface area (Å²) in [4.78, 5) is 24.6. The van der Waals surface area contributed by atoms with Gasteiger partial charge in [0.15, 0.2) is 5.82 Å². The van der Waals surface area contributed by atoms with Gasteiger partial charge in [-0.1, -0.05) is 23.7 Å². The molecule has 3 aromatic heterocycles. The number of likely N-dealkylation sites (tertiary alicyclic amines) is 1. The van der Waals surface area contributed by atoms with Crippen LogP contribution in [0.3, 0.4) is 0 Å². The summed E-state index contributed by atoms with van der Waals surface area (Å²) in [6.45, 7) is 2.75. The second kappa shape index (κ2) is 9.15. The topological polar surface area (TPSA) is 95.0 Å². The minimum Gasteiger partial charge on any atom is -0.390 e. The first-order valence-corrected chi connectivity index (χ1v) is 11.8. The van der Waals surface area contributed by atoms with Gasteiger partial charge < -0.3 is 5.11 Å². The van der Waals surface area contributed by atoms with Crippen molar-refractivity contribution in [1.82, 2.24) is 25.1 Å². The predicted octanol–water partition coefficient (Wildman–Crippen LogP) is 4.15. The Bertz CT molecular complexity index is 1270. The number of nitrogens with zero attached hydrogens (tertiary/aromatic N) is 4. The highest BCUT2D eigenvalue weighted by Gasteiger charge is 2.35. The summed E-state index contributed by atoms with van der Waals surface area (Å²) in [7, 11) is 0. The van der Waals surface area contributed by atoms with Gasteiger partial charge in [0.25, 0.3) is 0 Å². The third-order valence-electron chi connectivity index (χ3n) is 5.66. The number of halogens is 1. The summed E-state index contributed by atoms with van der Waals surface area (Å²) in [5.74, 6) is 0.771. The van der Waals surface area contributed by atoms with Crippen LogP contribution in [0.2, 0.25) is 5.02 Å². The minimum atomic E-state index is -0.332. The van der Waals surface area contributed by atoms with Crippen LogP contribution in [0.25, 0.3) is 21.1 Å². The number of carbonyl (C=O) groups excluding carboxylic acids is 1. The van der Waals surface area contributed by atoms with Crippen molar-refractivity contribution in [3.05, 3.63) is 76.8 Å². The summed E-state index contributed by atoms with van der Waals surface area (Å²) >= 11 is 7.77. The number of carbonyl (C=O) groups is 1. The highest BCUT2D eigenvalue weighted by atomic mass is 35.5. The van der Waals surface area contributed by atoms with Crippen LogP contribution in [0, 0.1) is 0 Å². The standard InChI is InChI=1S/C24H22ClN5O2S/c1-14(31)8-18-9-16(6-7-26-18)21-10-20(23(33-21)24-27-13-28-29-24)22(30-11-19(32)12-30)15-2-4-17(25)5-3-15/h2-7,9-10,13,19,22,32H,8,11-12H2,1H3,(H,27,28,29). The van der Waals surface area contributed by atoms with E-state index in [9.17, 15) is 9.90 Å². The number of pyridine rings is 1. The number of rotatable bonds is 7. The van der Waals surface area contributed by atoms with E-state index >= 15 is 0 Å². The molecule has 1 aliphatic heterocycles. The normalized spacial score (nSPS) is 15.4. The summed E-state index contributed by atoms with van der Waals surface area (Å²) in [5.41, 5.74) is 3.90. The summed E-state index contributed by atoms with van der Waals surface area (Å²) < 4.78 is 0. The van der Waals surface area contributed by atoms with E-state index in [0.717, 1.165) is 32.1 Å². The number of aliphatic hydroxyl groups is 1. The molecule has 0 amide bonds. The number of aromatic nitrogens is 4. The Hall–Kier alpha value is -2.91. The molecule has 0 spiro atoms. The molecule has 168 valence electrons. The predicted molar refractivity (Wildman–Crippen MR) is 128 cm³/mol. The minimum absolute atomic E-state index is 0.0747. The number of hydrogen-bond acceptors (Lipinski definition) is 7. The lowest BCUT2D eigenvalue weighted by atomic mass is 9.93. The van der Waals surface area contributed by atoms with Gasteiger partial charge in [-0.3, -0.25) is 19.8 Å². The molecule has 1 aliphatic rings. The van der Waals surface area contributed by atoms with Gasteiger partial charge in [-0.05, 0) is 53.9 Å². The molecule has 0 aliphatic carbocycles. The van der Waals surface area contributed by atoms with Crippen LogP contribution < -0.4 is 0 Å². The van der Waals surface area contributed by atoms with E-state index in [4.69, 9.17) is 11.6 Å². The fourth-order valence-electron chi connectivity index (χ4n) is 4.16. The van der Waals surface area contributed by atoms with E-state index in [2.05, 4.69) is 31.1 Å². The average molecular weight is 480 g/mol. The molecule has 1 atom stereocenters.